The third-order valence-corrected chi connectivity index (χ3v) is 8.69. The average molecular weight is 570 g/mol. The summed E-state index contributed by atoms with van der Waals surface area (Å²) in [5, 5.41) is 13.7. The summed E-state index contributed by atoms with van der Waals surface area (Å²) in [5.74, 6) is 0.857. The minimum Gasteiger partial charge on any atom is -0.478 e. The number of pyridine rings is 1. The van der Waals surface area contributed by atoms with Gasteiger partial charge in [-0.1, -0.05) is 17.3 Å². The maximum atomic E-state index is 13.1. The van der Waals surface area contributed by atoms with E-state index in [9.17, 15) is 23.1 Å². The minimum atomic E-state index is -4.83. The van der Waals surface area contributed by atoms with Gasteiger partial charge >= 0.3 is 12.3 Å². The number of carbonyl (C=O) groups is 1. The van der Waals surface area contributed by atoms with Crippen molar-refractivity contribution in [3.8, 4) is 17.0 Å². The molecule has 4 aliphatic rings. The number of carboxylic acids is 1. The molecule has 0 spiro atoms. The molecule has 0 radical (unpaired) electrons. The Kier molecular flexibility index (Phi) is 6.44. The molecule has 8 nitrogen and oxygen atoms in total. The highest BCUT2D eigenvalue weighted by Gasteiger charge is 2.44. The molecule has 4 fully saturated rings. The van der Waals surface area contributed by atoms with E-state index >= 15 is 0 Å². The van der Waals surface area contributed by atoms with Crippen molar-refractivity contribution in [1.29, 1.82) is 0 Å². The van der Waals surface area contributed by atoms with Crippen molar-refractivity contribution < 1.29 is 37.1 Å². The number of ether oxygens (including phenoxy) is 2. The SMILES string of the molecule is O=C(O)c1cnc(N2[C@@H]3CC[C@H]2CC(OCc2c(-c4ccccc4OC(F)(F)F)noc2C2CC2)C3)c(C2CC2)c1. The van der Waals surface area contributed by atoms with Gasteiger partial charge in [-0.05, 0) is 81.0 Å². The van der Waals surface area contributed by atoms with Crippen molar-refractivity contribution in [3.63, 3.8) is 0 Å². The van der Waals surface area contributed by atoms with Crippen LogP contribution in [0.1, 0.15) is 90.4 Å². The number of anilines is 1. The highest BCUT2D eigenvalue weighted by Crippen LogP contribution is 2.49. The zero-order valence-corrected chi connectivity index (χ0v) is 22.3. The van der Waals surface area contributed by atoms with Gasteiger partial charge in [-0.2, -0.15) is 0 Å². The standard InChI is InChI=1S/C30H30F3N3O5/c31-30(32,33)40-25-4-2-1-3-22(25)26-24(27(41-35-26)17-7-8-17)15-39-21-12-19-9-10-20(13-21)36(19)28-23(16-5-6-16)11-18(14-34-28)29(37)38/h1-4,11,14,16-17,19-21H,5-10,12-13,15H2,(H,37,38)/t19-,20+,21?. The fourth-order valence-electron chi connectivity index (χ4n) is 6.53. The second-order valence-electron chi connectivity index (χ2n) is 11.6. The van der Waals surface area contributed by atoms with E-state index in [-0.39, 0.29) is 47.6 Å². The number of halogens is 3. The molecule has 2 aliphatic carbocycles. The van der Waals surface area contributed by atoms with Gasteiger partial charge in [0.1, 0.15) is 23.0 Å². The molecule has 3 aromatic rings. The largest absolute Gasteiger partial charge is 0.573 e. The molecule has 1 aromatic carbocycles. The fourth-order valence-corrected chi connectivity index (χ4v) is 6.53. The third kappa shape index (κ3) is 5.27. The van der Waals surface area contributed by atoms with Crippen molar-refractivity contribution in [2.24, 2.45) is 0 Å². The molecule has 2 aromatic heterocycles. The lowest BCUT2D eigenvalue weighted by atomic mass is 9.97. The summed E-state index contributed by atoms with van der Waals surface area (Å²) >= 11 is 0. The highest BCUT2D eigenvalue weighted by molar-refractivity contribution is 5.88. The Morgan fingerprint density at radius 3 is 2.41 bits per heavy atom. The van der Waals surface area contributed by atoms with Crippen LogP contribution in [0.3, 0.4) is 0 Å². The van der Waals surface area contributed by atoms with E-state index in [4.69, 9.17) is 9.26 Å². The maximum absolute atomic E-state index is 13.1. The van der Waals surface area contributed by atoms with Crippen LogP contribution in [0.5, 0.6) is 5.75 Å². The number of nitrogens with zero attached hydrogens (tertiary/aromatic N) is 3. The van der Waals surface area contributed by atoms with Gasteiger partial charge in [-0.15, -0.1) is 13.2 Å². The van der Waals surface area contributed by atoms with Crippen LogP contribution in [0.15, 0.2) is 41.1 Å². The Balaban J connectivity index is 1.10. The monoisotopic (exact) mass is 569 g/mol. The zero-order valence-electron chi connectivity index (χ0n) is 22.3. The van der Waals surface area contributed by atoms with E-state index in [1.165, 1.54) is 18.3 Å². The first kappa shape index (κ1) is 26.3. The molecule has 0 amide bonds. The molecular weight excluding hydrogens is 539 g/mol. The van der Waals surface area contributed by atoms with E-state index in [0.29, 0.717) is 22.9 Å². The van der Waals surface area contributed by atoms with Crippen molar-refractivity contribution in [2.75, 3.05) is 4.90 Å². The molecule has 2 saturated carbocycles. The number of carboxylic acid groups (broad SMARTS) is 1. The first-order valence-corrected chi connectivity index (χ1v) is 14.2. The second kappa shape index (κ2) is 10.0. The lowest BCUT2D eigenvalue weighted by Gasteiger charge is -2.40. The highest BCUT2D eigenvalue weighted by atomic mass is 19.4. The Morgan fingerprint density at radius 1 is 1.05 bits per heavy atom. The van der Waals surface area contributed by atoms with Crippen molar-refractivity contribution in [2.45, 2.75) is 94.4 Å². The third-order valence-electron chi connectivity index (χ3n) is 8.69. The number of hydrogen-bond donors (Lipinski definition) is 1. The summed E-state index contributed by atoms with van der Waals surface area (Å²) in [7, 11) is 0. The summed E-state index contributed by atoms with van der Waals surface area (Å²) in [6, 6.07) is 8.21. The van der Waals surface area contributed by atoms with Gasteiger partial charge in [0.2, 0.25) is 0 Å². The summed E-state index contributed by atoms with van der Waals surface area (Å²) < 4.78 is 55.8. The van der Waals surface area contributed by atoms with E-state index in [2.05, 4.69) is 19.8 Å². The van der Waals surface area contributed by atoms with Crippen LogP contribution in [0, 0.1) is 0 Å². The number of hydrogen-bond acceptors (Lipinski definition) is 7. The van der Waals surface area contributed by atoms with Crippen molar-refractivity contribution in [1.82, 2.24) is 10.1 Å². The zero-order chi connectivity index (χ0) is 28.3. The van der Waals surface area contributed by atoms with Crippen LogP contribution in [-0.4, -0.2) is 45.8 Å². The van der Waals surface area contributed by atoms with E-state index in [1.54, 1.807) is 18.2 Å². The smallest absolute Gasteiger partial charge is 0.478 e. The van der Waals surface area contributed by atoms with Crippen molar-refractivity contribution in [3.05, 3.63) is 59.0 Å². The Morgan fingerprint density at radius 2 is 1.76 bits per heavy atom. The predicted octanol–water partition coefficient (Wildman–Crippen LogP) is 6.80. The first-order valence-electron chi connectivity index (χ1n) is 14.2. The lowest BCUT2D eigenvalue weighted by molar-refractivity contribution is -0.274. The maximum Gasteiger partial charge on any atom is 0.573 e. The first-order chi connectivity index (χ1) is 19.7. The Labute approximate surface area is 234 Å². The molecule has 216 valence electrons. The molecule has 11 heteroatoms. The molecule has 2 bridgehead atoms. The normalized spacial score (nSPS) is 24.1. The summed E-state index contributed by atoms with van der Waals surface area (Å²) in [6.07, 6.45) is 4.17. The van der Waals surface area contributed by atoms with Gasteiger partial charge < -0.3 is 24.0 Å². The molecule has 7 rings (SSSR count). The summed E-state index contributed by atoms with van der Waals surface area (Å²) in [5.41, 5.74) is 2.48. The molecule has 41 heavy (non-hydrogen) atoms. The number of fused-ring (bicyclic) bond motifs is 2. The number of piperidine rings is 1. The topological polar surface area (TPSA) is 97.9 Å². The summed E-state index contributed by atoms with van der Waals surface area (Å²) in [4.78, 5) is 18.6. The minimum absolute atomic E-state index is 0.0390. The number of aromatic carboxylic acids is 1. The number of rotatable bonds is 9. The predicted molar refractivity (Wildman–Crippen MR) is 141 cm³/mol. The fraction of sp³-hybridized carbons (Fsp3) is 0.500. The van der Waals surface area contributed by atoms with Gasteiger partial charge in [0.05, 0.1) is 18.3 Å². The van der Waals surface area contributed by atoms with Crippen LogP contribution in [0.4, 0.5) is 19.0 Å². The number of para-hydroxylation sites is 1. The van der Waals surface area contributed by atoms with Crippen LogP contribution in [0.2, 0.25) is 0 Å². The van der Waals surface area contributed by atoms with Crippen LogP contribution < -0.4 is 9.64 Å². The van der Waals surface area contributed by atoms with Crippen LogP contribution >= 0.6 is 0 Å². The quantitative estimate of drug-likeness (QED) is 0.300. The van der Waals surface area contributed by atoms with Gasteiger partial charge in [-0.25, -0.2) is 9.78 Å². The molecule has 3 atom stereocenters. The van der Waals surface area contributed by atoms with Gasteiger partial charge in [0, 0.05) is 35.3 Å². The molecule has 2 aliphatic heterocycles. The van der Waals surface area contributed by atoms with Gasteiger partial charge in [-0.3, -0.25) is 0 Å². The van der Waals surface area contributed by atoms with Gasteiger partial charge in [0.15, 0.2) is 0 Å². The van der Waals surface area contributed by atoms with E-state index in [1.807, 2.05) is 0 Å². The van der Waals surface area contributed by atoms with Crippen LogP contribution in [0.25, 0.3) is 11.3 Å². The molecule has 1 N–H and O–H groups in total. The van der Waals surface area contributed by atoms with E-state index < -0.39 is 12.3 Å². The molecule has 2 saturated heterocycles. The number of benzene rings is 1. The Hall–Kier alpha value is -3.60. The lowest BCUT2D eigenvalue weighted by Crippen LogP contribution is -2.46. The molecule has 1 unspecified atom stereocenters. The molecular formula is C30H30F3N3O5. The van der Waals surface area contributed by atoms with E-state index in [0.717, 1.165) is 62.7 Å². The second-order valence-corrected chi connectivity index (χ2v) is 11.6. The van der Waals surface area contributed by atoms with Crippen LogP contribution in [-0.2, 0) is 11.3 Å². The van der Waals surface area contributed by atoms with Crippen molar-refractivity contribution >= 4 is 11.8 Å². The van der Waals surface area contributed by atoms with Gasteiger partial charge in [0.25, 0.3) is 0 Å². The number of alkyl halides is 3. The number of aromatic nitrogens is 2. The average Bonchev–Trinajstić information content (AvgIpc) is 3.87. The molecule has 4 heterocycles. The summed E-state index contributed by atoms with van der Waals surface area (Å²) in [6.45, 7) is 0.189. The Bertz CT molecular complexity index is 1450.